The number of hydrogen-bond donors (Lipinski definition) is 2. The molecule has 0 unspecified atom stereocenters. The van der Waals surface area contributed by atoms with Gasteiger partial charge in [0.05, 0.1) is 26.7 Å². The Hall–Kier alpha value is -2.81. The summed E-state index contributed by atoms with van der Waals surface area (Å²) in [7, 11) is 0. The van der Waals surface area contributed by atoms with Crippen molar-refractivity contribution in [3.8, 4) is 5.75 Å². The number of carbonyl (C=O) groups is 3. The summed E-state index contributed by atoms with van der Waals surface area (Å²) in [5.74, 6) is -1.22. The molecule has 32 heavy (non-hydrogen) atoms. The highest BCUT2D eigenvalue weighted by Gasteiger charge is 2.35. The number of nitrogens with two attached hydrogens (primary N) is 1. The number of aromatic hydroxyl groups is 1. The van der Waals surface area contributed by atoms with E-state index in [9.17, 15) is 19.5 Å². The average Bonchev–Trinajstić information content (AvgIpc) is 2.75. The van der Waals surface area contributed by atoms with Crippen LogP contribution in [-0.2, 0) is 16.0 Å². The Morgan fingerprint density at radius 2 is 1.56 bits per heavy atom. The number of benzene rings is 3. The molecule has 1 aliphatic carbocycles. The summed E-state index contributed by atoms with van der Waals surface area (Å²) < 4.78 is 6.54. The molecule has 1 aliphatic rings. The van der Waals surface area contributed by atoms with Crippen molar-refractivity contribution in [3.63, 3.8) is 0 Å². The number of ketones is 2. The van der Waals surface area contributed by atoms with Gasteiger partial charge in [-0.05, 0) is 55.6 Å². The maximum absolute atomic E-state index is 13.3. The third-order valence-corrected chi connectivity index (χ3v) is 6.53. The number of carbonyl (C=O) groups excluding carboxylic acids is 3. The van der Waals surface area contributed by atoms with Crippen LogP contribution in [0.3, 0.4) is 0 Å². The monoisotopic (exact) mass is 558 g/mol. The van der Waals surface area contributed by atoms with Crippen LogP contribution in [0.2, 0.25) is 0 Å². The minimum Gasteiger partial charge on any atom is -0.507 e. The second kappa shape index (κ2) is 8.97. The first kappa shape index (κ1) is 22.4. The van der Waals surface area contributed by atoms with E-state index in [0.717, 1.165) is 20.2 Å². The highest BCUT2D eigenvalue weighted by Crippen LogP contribution is 2.37. The van der Waals surface area contributed by atoms with Crippen LogP contribution >= 0.6 is 31.9 Å². The number of halogens is 2. The molecule has 3 N–H and O–H groups in total. The highest BCUT2D eigenvalue weighted by molar-refractivity contribution is 9.11. The van der Waals surface area contributed by atoms with Crippen molar-refractivity contribution in [3.05, 3.63) is 85.3 Å². The minimum atomic E-state index is -0.373. The van der Waals surface area contributed by atoms with Crippen molar-refractivity contribution in [2.24, 2.45) is 0 Å². The number of rotatable bonds is 5. The molecule has 8 heteroatoms. The lowest BCUT2D eigenvalue weighted by Gasteiger charge is -2.20. The fraction of sp³-hybridized carbons (Fsp3) is 0.125. The van der Waals surface area contributed by atoms with E-state index in [1.807, 2.05) is 12.1 Å². The van der Waals surface area contributed by atoms with E-state index in [0.29, 0.717) is 17.7 Å². The van der Waals surface area contributed by atoms with E-state index >= 15 is 0 Å². The van der Waals surface area contributed by atoms with Gasteiger partial charge in [-0.3, -0.25) is 19.7 Å². The van der Waals surface area contributed by atoms with Crippen molar-refractivity contribution < 1.29 is 29.5 Å². The van der Waals surface area contributed by atoms with E-state index in [1.54, 1.807) is 35.6 Å². The number of ether oxygens (including phenoxy) is 1. The van der Waals surface area contributed by atoms with Gasteiger partial charge in [-0.2, -0.15) is 0 Å². The SMILES string of the molecule is CC(=O)OCCc1cc(Br)c([NH2+]c2ccc(O)c3c2C(=O)c2ccccc2C3=O)c(Br)c1. The number of phenolic OH excluding ortho intramolecular Hbond substituents is 1. The summed E-state index contributed by atoms with van der Waals surface area (Å²) in [5, 5.41) is 12.2. The van der Waals surface area contributed by atoms with Gasteiger partial charge in [-0.15, -0.1) is 0 Å². The van der Waals surface area contributed by atoms with Crippen LogP contribution in [0.15, 0.2) is 57.5 Å². The summed E-state index contributed by atoms with van der Waals surface area (Å²) in [6, 6.07) is 13.5. The zero-order valence-electron chi connectivity index (χ0n) is 16.9. The predicted octanol–water partition coefficient (Wildman–Crippen LogP) is 4.32. The predicted molar refractivity (Wildman–Crippen MR) is 125 cm³/mol. The molecule has 0 bridgehead atoms. The number of quaternary nitrogens is 1. The smallest absolute Gasteiger partial charge is 0.302 e. The lowest BCUT2D eigenvalue weighted by molar-refractivity contribution is -0.480. The van der Waals surface area contributed by atoms with Crippen molar-refractivity contribution in [1.82, 2.24) is 0 Å². The van der Waals surface area contributed by atoms with Gasteiger partial charge in [0.25, 0.3) is 0 Å². The summed E-state index contributed by atoms with van der Waals surface area (Å²) in [5.41, 5.74) is 3.07. The Morgan fingerprint density at radius 1 is 0.969 bits per heavy atom. The van der Waals surface area contributed by atoms with Crippen LogP contribution in [-0.4, -0.2) is 29.2 Å². The first-order chi connectivity index (χ1) is 15.3. The molecule has 0 atom stereocenters. The lowest BCUT2D eigenvalue weighted by Crippen LogP contribution is -2.72. The van der Waals surface area contributed by atoms with Crippen molar-refractivity contribution in [2.45, 2.75) is 13.3 Å². The summed E-state index contributed by atoms with van der Waals surface area (Å²) in [6.45, 7) is 1.64. The van der Waals surface area contributed by atoms with Crippen LogP contribution in [0.1, 0.15) is 44.3 Å². The van der Waals surface area contributed by atoms with E-state index in [4.69, 9.17) is 4.74 Å². The van der Waals surface area contributed by atoms with Crippen LogP contribution in [0.25, 0.3) is 0 Å². The molecule has 3 aromatic rings. The third-order valence-electron chi connectivity index (χ3n) is 5.22. The first-order valence-electron chi connectivity index (χ1n) is 9.78. The van der Waals surface area contributed by atoms with Gasteiger partial charge in [-0.1, -0.05) is 24.3 Å². The maximum Gasteiger partial charge on any atom is 0.302 e. The summed E-state index contributed by atoms with van der Waals surface area (Å²) in [6.07, 6.45) is 0.551. The van der Waals surface area contributed by atoms with Crippen molar-refractivity contribution >= 4 is 60.8 Å². The third kappa shape index (κ3) is 4.13. The molecule has 162 valence electrons. The van der Waals surface area contributed by atoms with E-state index in [1.165, 1.54) is 13.0 Å². The highest BCUT2D eigenvalue weighted by atomic mass is 79.9. The topological polar surface area (TPSA) is 97.3 Å². The van der Waals surface area contributed by atoms with Gasteiger partial charge >= 0.3 is 5.97 Å². The molecule has 0 saturated carbocycles. The van der Waals surface area contributed by atoms with E-state index in [2.05, 4.69) is 31.9 Å². The molecule has 0 aromatic heterocycles. The Morgan fingerprint density at radius 3 is 2.16 bits per heavy atom. The molecule has 0 aliphatic heterocycles. The molecule has 0 heterocycles. The maximum atomic E-state index is 13.3. The Kier molecular flexibility index (Phi) is 6.28. The zero-order valence-corrected chi connectivity index (χ0v) is 20.1. The quantitative estimate of drug-likeness (QED) is 0.215. The summed E-state index contributed by atoms with van der Waals surface area (Å²) in [4.78, 5) is 37.3. The Bertz CT molecular complexity index is 1260. The second-order valence-electron chi connectivity index (χ2n) is 7.34. The largest absolute Gasteiger partial charge is 0.507 e. The molecule has 0 amide bonds. The van der Waals surface area contributed by atoms with Crippen LogP contribution in [0.5, 0.6) is 5.75 Å². The van der Waals surface area contributed by atoms with Crippen molar-refractivity contribution in [1.29, 1.82) is 0 Å². The lowest BCUT2D eigenvalue weighted by atomic mass is 9.82. The molecule has 0 radical (unpaired) electrons. The molecule has 4 rings (SSSR count). The molecular weight excluding hydrogens is 542 g/mol. The number of phenols is 1. The number of hydrogen-bond acceptors (Lipinski definition) is 5. The van der Waals surface area contributed by atoms with Gasteiger partial charge in [0, 0.05) is 30.5 Å². The summed E-state index contributed by atoms with van der Waals surface area (Å²) >= 11 is 7.14. The average molecular weight is 560 g/mol. The van der Waals surface area contributed by atoms with Gasteiger partial charge in [-0.25, -0.2) is 0 Å². The first-order valence-corrected chi connectivity index (χ1v) is 11.4. The second-order valence-corrected chi connectivity index (χ2v) is 9.04. The Balaban J connectivity index is 1.72. The van der Waals surface area contributed by atoms with Crippen molar-refractivity contribution in [2.75, 3.05) is 6.61 Å². The molecule has 0 saturated heterocycles. The van der Waals surface area contributed by atoms with Crippen LogP contribution in [0.4, 0.5) is 11.4 Å². The molecule has 0 fully saturated rings. The van der Waals surface area contributed by atoms with Gasteiger partial charge in [0.15, 0.2) is 11.5 Å². The van der Waals surface area contributed by atoms with Crippen LogP contribution < -0.4 is 5.32 Å². The van der Waals surface area contributed by atoms with Gasteiger partial charge in [0.1, 0.15) is 11.4 Å². The number of esters is 1. The molecule has 6 nitrogen and oxygen atoms in total. The fourth-order valence-corrected chi connectivity index (χ4v) is 5.25. The Labute approximate surface area is 200 Å². The van der Waals surface area contributed by atoms with Gasteiger partial charge < -0.3 is 9.84 Å². The normalized spacial score (nSPS) is 12.3. The molecular formula is C24H18Br2NO5+. The van der Waals surface area contributed by atoms with E-state index in [-0.39, 0.29) is 46.6 Å². The fourth-order valence-electron chi connectivity index (χ4n) is 3.74. The van der Waals surface area contributed by atoms with Gasteiger partial charge in [0.2, 0.25) is 5.78 Å². The molecule has 3 aromatic carbocycles. The minimum absolute atomic E-state index is 0.0210. The van der Waals surface area contributed by atoms with E-state index < -0.39 is 0 Å². The standard InChI is InChI=1S/C24H17Br2NO5/c1-12(28)32-9-8-13-10-16(25)22(17(26)11-13)27-18-6-7-19(29)21-20(18)23(30)14-4-2-3-5-15(14)24(21)31/h2-7,10-11,27,29H,8-9H2,1H3/p+1. The zero-order chi connectivity index (χ0) is 23.0. The molecule has 0 spiro atoms. The van der Waals surface area contributed by atoms with Crippen LogP contribution in [0, 0.1) is 0 Å². The number of fused-ring (bicyclic) bond motifs is 2.